The van der Waals surface area contributed by atoms with E-state index in [0.717, 1.165) is 0 Å². The number of aliphatic hydroxyl groups is 10. The van der Waals surface area contributed by atoms with E-state index in [-0.39, 0.29) is 31.6 Å². The van der Waals surface area contributed by atoms with Gasteiger partial charge in [-0.3, -0.25) is 4.79 Å². The molecule has 0 aromatic rings. The molecule has 3 aliphatic heterocycles. The molecule has 380 valence electrons. The number of nitrogens with one attached hydrogen (secondary N) is 2. The summed E-state index contributed by atoms with van der Waals surface area (Å²) in [5.41, 5.74) is 6.07. The number of hydrogen-bond acceptors (Lipinski definition) is 17. The number of allylic oxidation sites excluding steroid dienone is 12. The van der Waals surface area contributed by atoms with Gasteiger partial charge in [-0.2, -0.15) is 0 Å². The average Bonchev–Trinajstić information content (AvgIpc) is 3.26. The van der Waals surface area contributed by atoms with Crippen LogP contribution in [0.5, 0.6) is 0 Å². The minimum absolute atomic E-state index is 0.0901. The van der Waals surface area contributed by atoms with Crippen LogP contribution in [0.25, 0.3) is 0 Å². The Kier molecular flexibility index (Phi) is 24.8. The number of ether oxygens (including phenoxy) is 4. The number of urea groups is 1. The number of aliphatic hydroxyl groups excluding tert-OH is 9. The molecule has 0 spiro atoms. The molecule has 2 fully saturated rings. The van der Waals surface area contributed by atoms with Gasteiger partial charge in [-0.1, -0.05) is 98.9 Å². The van der Waals surface area contributed by atoms with E-state index in [1.165, 1.54) is 7.05 Å². The summed E-state index contributed by atoms with van der Waals surface area (Å²) in [5, 5.41) is 114. The summed E-state index contributed by atoms with van der Waals surface area (Å²) in [4.78, 5) is 25.2. The topological polar surface area (TPSA) is 323 Å². The van der Waals surface area contributed by atoms with Gasteiger partial charge in [0.05, 0.1) is 85.6 Å². The van der Waals surface area contributed by atoms with Gasteiger partial charge in [0.15, 0.2) is 12.1 Å². The molecule has 0 saturated carbocycles. The van der Waals surface area contributed by atoms with Crippen LogP contribution in [0.2, 0.25) is 0 Å². The van der Waals surface area contributed by atoms with Crippen LogP contribution in [0.1, 0.15) is 79.1 Å². The molecule has 19 heteroatoms. The van der Waals surface area contributed by atoms with Crippen molar-refractivity contribution < 1.29 is 79.6 Å². The molecule has 3 aliphatic rings. The second kappa shape index (κ2) is 28.8. The Hall–Kier alpha value is -3.64. The molecule has 67 heavy (non-hydrogen) atoms. The average molecular weight is 952 g/mol. The van der Waals surface area contributed by atoms with Gasteiger partial charge in [0.1, 0.15) is 12.2 Å². The van der Waals surface area contributed by atoms with E-state index in [4.69, 9.17) is 24.7 Å². The molecule has 2 amide bonds. The van der Waals surface area contributed by atoms with Crippen molar-refractivity contribution >= 4 is 12.0 Å². The summed E-state index contributed by atoms with van der Waals surface area (Å²) in [6, 6.07) is -2.93. The zero-order chi connectivity index (χ0) is 49.8. The van der Waals surface area contributed by atoms with Gasteiger partial charge in [0, 0.05) is 44.6 Å². The first-order chi connectivity index (χ1) is 31.6. The molecule has 3 heterocycles. The monoisotopic (exact) mass is 952 g/mol. The van der Waals surface area contributed by atoms with E-state index in [1.807, 2.05) is 43.4 Å². The zero-order valence-electron chi connectivity index (χ0n) is 39.1. The first-order valence-corrected chi connectivity index (χ1v) is 23.1. The van der Waals surface area contributed by atoms with E-state index in [9.17, 15) is 60.7 Å². The third kappa shape index (κ3) is 19.7. The second-order valence-corrected chi connectivity index (χ2v) is 18.0. The predicted octanol–water partition coefficient (Wildman–Crippen LogP) is 0.309. The number of amides is 2. The van der Waals surface area contributed by atoms with Crippen molar-refractivity contribution in [2.45, 2.75) is 183 Å². The van der Waals surface area contributed by atoms with Crippen LogP contribution < -0.4 is 16.4 Å². The van der Waals surface area contributed by atoms with Gasteiger partial charge in [0.25, 0.3) is 0 Å². The van der Waals surface area contributed by atoms with Gasteiger partial charge in [-0.25, -0.2) is 4.79 Å². The number of cyclic esters (lactones) is 1. The fourth-order valence-electron chi connectivity index (χ4n) is 8.06. The van der Waals surface area contributed by atoms with Gasteiger partial charge in [0.2, 0.25) is 0 Å². The van der Waals surface area contributed by atoms with Crippen LogP contribution in [-0.4, -0.2) is 174 Å². The highest BCUT2D eigenvalue weighted by Crippen LogP contribution is 2.35. The zero-order valence-corrected chi connectivity index (χ0v) is 39.1. The summed E-state index contributed by atoms with van der Waals surface area (Å²) >= 11 is 0. The van der Waals surface area contributed by atoms with Crippen molar-refractivity contribution in [3.8, 4) is 0 Å². The highest BCUT2D eigenvalue weighted by atomic mass is 16.7. The quantitative estimate of drug-likeness (QED) is 0.169. The SMILES string of the molecule is CNC(=O)N[C@H]1[C@@H]2CC(OC3O[C@H](C)[C@@H](O)[C@H](N)[C@@H]3O)/C=C/C=C/C=C/C=C/C=C/C=C/C=C/[C@H](C)[C@@H](O)[C@@H](C)[C@H](C)OC(=O)C[C@H](O)C[C@H](O)CC[C@@H](O)[C@H](O)C[C@H](O)C[C@](O)(C[C@@H]1O)O2. The molecule has 19 atom stereocenters. The molecule has 3 rings (SSSR count). The molecule has 19 nitrogen and oxygen atoms in total. The fourth-order valence-corrected chi connectivity index (χ4v) is 8.06. The summed E-state index contributed by atoms with van der Waals surface area (Å²) in [6.45, 7) is 6.79. The minimum Gasteiger partial charge on any atom is -0.462 e. The Morgan fingerprint density at radius 2 is 1.27 bits per heavy atom. The summed E-state index contributed by atoms with van der Waals surface area (Å²) in [7, 11) is 1.37. The molecule has 0 radical (unpaired) electrons. The van der Waals surface area contributed by atoms with Crippen molar-refractivity contribution in [1.29, 1.82) is 0 Å². The van der Waals surface area contributed by atoms with Crippen LogP contribution >= 0.6 is 0 Å². The van der Waals surface area contributed by atoms with E-state index in [0.29, 0.717) is 0 Å². The summed E-state index contributed by atoms with van der Waals surface area (Å²) < 4.78 is 23.6. The minimum atomic E-state index is -2.23. The maximum atomic E-state index is 12.6. The first-order valence-electron chi connectivity index (χ1n) is 23.1. The lowest BCUT2D eigenvalue weighted by atomic mass is 9.87. The molecular formula is C48H77N3O16. The van der Waals surface area contributed by atoms with Gasteiger partial charge in [-0.05, 0) is 33.1 Å². The predicted molar refractivity (Wildman–Crippen MR) is 247 cm³/mol. The highest BCUT2D eigenvalue weighted by molar-refractivity contribution is 5.74. The maximum absolute atomic E-state index is 12.6. The van der Waals surface area contributed by atoms with Crippen LogP contribution in [0.3, 0.4) is 0 Å². The number of nitrogens with two attached hydrogens (primary N) is 1. The van der Waals surface area contributed by atoms with Crippen molar-refractivity contribution in [1.82, 2.24) is 10.6 Å². The lowest BCUT2D eigenvalue weighted by Crippen LogP contribution is -2.63. The molecule has 14 N–H and O–H groups in total. The Morgan fingerprint density at radius 1 is 0.687 bits per heavy atom. The van der Waals surface area contributed by atoms with Gasteiger partial charge in [-0.15, -0.1) is 0 Å². The fraction of sp³-hybridized carbons (Fsp3) is 0.667. The number of hydrogen-bond donors (Lipinski definition) is 13. The van der Waals surface area contributed by atoms with Gasteiger partial charge >= 0.3 is 12.0 Å². The van der Waals surface area contributed by atoms with Crippen LogP contribution in [0, 0.1) is 11.8 Å². The molecule has 0 aromatic heterocycles. The molecule has 0 aromatic carbocycles. The number of carbonyl (C=O) groups excluding carboxylic acids is 2. The maximum Gasteiger partial charge on any atom is 0.314 e. The molecular weight excluding hydrogens is 875 g/mol. The van der Waals surface area contributed by atoms with Crippen LogP contribution in [0.15, 0.2) is 85.1 Å². The second-order valence-electron chi connectivity index (χ2n) is 18.0. The van der Waals surface area contributed by atoms with Crippen molar-refractivity contribution in [2.24, 2.45) is 17.6 Å². The first kappa shape index (κ1) is 57.7. The Morgan fingerprint density at radius 3 is 1.87 bits per heavy atom. The van der Waals surface area contributed by atoms with E-state index in [2.05, 4.69) is 10.6 Å². The van der Waals surface area contributed by atoms with E-state index >= 15 is 0 Å². The molecule has 2 bridgehead atoms. The third-order valence-corrected chi connectivity index (χ3v) is 12.3. The van der Waals surface area contributed by atoms with Crippen molar-refractivity contribution in [3.05, 3.63) is 85.1 Å². The number of rotatable bonds is 3. The lowest BCUT2D eigenvalue weighted by molar-refractivity contribution is -0.303. The molecule has 2 saturated heterocycles. The summed E-state index contributed by atoms with van der Waals surface area (Å²) in [6.07, 6.45) is 5.17. The molecule has 0 aliphatic carbocycles. The van der Waals surface area contributed by atoms with E-state index < -0.39 is 147 Å². The standard InChI is InChI=1S/C48H77N3O16/c1-28-18-16-14-12-10-8-6-7-9-11-13-15-17-19-35(66-46-45(61)41(49)44(60)31(4)65-46)25-39-42(51-47(62)50-5)38(57)27-48(63,67-39)26-34(54)23-37(56)36(55)21-20-32(52)22-33(53)24-40(58)64-30(3)29(2)43(28)59/h6-19,28-39,41-46,52-57,59-61,63H,20-27,49H2,1-5H3,(H2,50,51,62)/b7-6+,10-8+,11-9+,14-12+,15-13+,18-16+,19-17+/t28-,29-,30-,31+,32+,33+,34-,35?,36+,37+,38-,39-,41-,42+,43+,44+,45-,46?,48+/m0/s1. The smallest absolute Gasteiger partial charge is 0.314 e. The largest absolute Gasteiger partial charge is 0.462 e. The number of carbonyl (C=O) groups is 2. The van der Waals surface area contributed by atoms with E-state index in [1.54, 1.807) is 69.4 Å². The lowest BCUT2D eigenvalue weighted by Gasteiger charge is -2.46. The van der Waals surface area contributed by atoms with Crippen molar-refractivity contribution in [2.75, 3.05) is 7.05 Å². The van der Waals surface area contributed by atoms with Gasteiger partial charge < -0.3 is 86.4 Å². The number of esters is 1. The summed E-state index contributed by atoms with van der Waals surface area (Å²) in [5.74, 6) is -3.68. The Labute approximate surface area is 393 Å². The number of fused-ring (bicyclic) bond motifs is 2. The highest BCUT2D eigenvalue weighted by Gasteiger charge is 2.49. The van der Waals surface area contributed by atoms with Crippen LogP contribution in [0.4, 0.5) is 4.79 Å². The Balaban J connectivity index is 1.89. The normalized spacial score (nSPS) is 44.4. The van der Waals surface area contributed by atoms with Crippen molar-refractivity contribution in [3.63, 3.8) is 0 Å². The third-order valence-electron chi connectivity index (χ3n) is 12.3. The van der Waals surface area contributed by atoms with Crippen LogP contribution in [-0.2, 0) is 23.7 Å². The molecule has 2 unspecified atom stereocenters. The Bertz CT molecular complexity index is 1710.